The van der Waals surface area contributed by atoms with Crippen molar-refractivity contribution in [1.82, 2.24) is 9.88 Å². The minimum atomic E-state index is -3.92. The van der Waals surface area contributed by atoms with E-state index >= 15 is 0 Å². The van der Waals surface area contributed by atoms with Gasteiger partial charge in [0.05, 0.1) is 22.7 Å². The van der Waals surface area contributed by atoms with Gasteiger partial charge in [-0.1, -0.05) is 11.6 Å². The largest absolute Gasteiger partial charge is 0.454 e. The predicted molar refractivity (Wildman–Crippen MR) is 118 cm³/mol. The summed E-state index contributed by atoms with van der Waals surface area (Å²) in [5.74, 6) is -0.182. The van der Waals surface area contributed by atoms with Gasteiger partial charge in [0, 0.05) is 23.8 Å². The van der Waals surface area contributed by atoms with Crippen LogP contribution in [-0.4, -0.2) is 30.9 Å². The predicted octanol–water partition coefficient (Wildman–Crippen LogP) is 4.83. The van der Waals surface area contributed by atoms with E-state index in [0.717, 1.165) is 6.07 Å². The highest BCUT2D eigenvalue weighted by atomic mass is 35.5. The standard InChI is InChI=1S/C21H18ClFN4O4S/c1-2-27-12-16-18(9-10-24-20(16)25-21(27)28)31-19-8-5-14(11-17(19)23)26-32(29,30)15-6-3-13(22)4-7-15/h3-11,26H,2,12H2,1H3,(H,24,25,28). The lowest BCUT2D eigenvalue weighted by molar-refractivity contribution is 0.209. The summed E-state index contributed by atoms with van der Waals surface area (Å²) < 4.78 is 47.8. The normalized spacial score (nSPS) is 13.3. The van der Waals surface area contributed by atoms with Crippen LogP contribution in [0.3, 0.4) is 0 Å². The van der Waals surface area contributed by atoms with Crippen molar-refractivity contribution in [2.24, 2.45) is 0 Å². The van der Waals surface area contributed by atoms with Crippen LogP contribution in [0.1, 0.15) is 12.5 Å². The molecule has 2 heterocycles. The molecule has 0 aliphatic carbocycles. The van der Waals surface area contributed by atoms with Crippen molar-refractivity contribution in [3.8, 4) is 11.5 Å². The molecule has 0 bridgehead atoms. The summed E-state index contributed by atoms with van der Waals surface area (Å²) in [6.45, 7) is 2.59. The second-order valence-corrected chi connectivity index (χ2v) is 9.01. The molecule has 2 amide bonds. The first kappa shape index (κ1) is 21.8. The van der Waals surface area contributed by atoms with Gasteiger partial charge in [0.25, 0.3) is 10.0 Å². The molecule has 4 rings (SSSR count). The van der Waals surface area contributed by atoms with Crippen LogP contribution in [0.15, 0.2) is 59.6 Å². The number of carbonyl (C=O) groups excluding carboxylic acids is 1. The second kappa shape index (κ2) is 8.64. The van der Waals surface area contributed by atoms with Crippen molar-refractivity contribution >= 4 is 39.2 Å². The molecule has 3 aromatic rings. The maximum absolute atomic E-state index is 14.7. The molecule has 11 heteroatoms. The van der Waals surface area contributed by atoms with Crippen LogP contribution in [-0.2, 0) is 16.6 Å². The molecule has 0 spiro atoms. The number of nitrogens with one attached hydrogen (secondary N) is 2. The Morgan fingerprint density at radius 3 is 2.62 bits per heavy atom. The first-order valence-corrected chi connectivity index (χ1v) is 11.4. The number of sulfonamides is 1. The Kier molecular flexibility index (Phi) is 5.90. The Balaban J connectivity index is 1.56. The lowest BCUT2D eigenvalue weighted by Gasteiger charge is -2.28. The van der Waals surface area contributed by atoms with Gasteiger partial charge in [-0.3, -0.25) is 10.0 Å². The van der Waals surface area contributed by atoms with E-state index < -0.39 is 15.8 Å². The molecule has 1 aliphatic heterocycles. The molecule has 2 aromatic carbocycles. The van der Waals surface area contributed by atoms with E-state index in [1.807, 2.05) is 6.92 Å². The number of amides is 2. The summed E-state index contributed by atoms with van der Waals surface area (Å²) in [6.07, 6.45) is 1.45. The van der Waals surface area contributed by atoms with E-state index in [4.69, 9.17) is 16.3 Å². The van der Waals surface area contributed by atoms with Crippen LogP contribution in [0.25, 0.3) is 0 Å². The number of halogens is 2. The molecule has 0 saturated carbocycles. The number of nitrogens with zero attached hydrogens (tertiary/aromatic N) is 2. The Morgan fingerprint density at radius 1 is 1.19 bits per heavy atom. The summed E-state index contributed by atoms with van der Waals surface area (Å²) in [4.78, 5) is 17.7. The highest BCUT2D eigenvalue weighted by Crippen LogP contribution is 2.34. The fourth-order valence-electron chi connectivity index (χ4n) is 3.12. The zero-order valence-corrected chi connectivity index (χ0v) is 18.4. The smallest absolute Gasteiger partial charge is 0.323 e. The van der Waals surface area contributed by atoms with Gasteiger partial charge in [-0.15, -0.1) is 0 Å². The van der Waals surface area contributed by atoms with Gasteiger partial charge in [0.1, 0.15) is 11.6 Å². The number of ether oxygens (including phenoxy) is 1. The average molecular weight is 477 g/mol. The SMILES string of the molecule is CCN1Cc2c(Oc3ccc(NS(=O)(=O)c4ccc(Cl)cc4)cc3F)ccnc2NC1=O. The molecule has 1 aliphatic rings. The van der Waals surface area contributed by atoms with Gasteiger partial charge in [-0.2, -0.15) is 0 Å². The molecule has 32 heavy (non-hydrogen) atoms. The van der Waals surface area contributed by atoms with Crippen LogP contribution < -0.4 is 14.8 Å². The van der Waals surface area contributed by atoms with Crippen molar-refractivity contribution in [1.29, 1.82) is 0 Å². The molecule has 166 valence electrons. The van der Waals surface area contributed by atoms with Gasteiger partial charge in [-0.25, -0.2) is 22.6 Å². The maximum atomic E-state index is 14.7. The summed E-state index contributed by atoms with van der Waals surface area (Å²) in [7, 11) is -3.92. The molecule has 2 N–H and O–H groups in total. The Hall–Kier alpha value is -3.37. The summed E-state index contributed by atoms with van der Waals surface area (Å²) >= 11 is 5.79. The van der Waals surface area contributed by atoms with Gasteiger partial charge >= 0.3 is 6.03 Å². The van der Waals surface area contributed by atoms with E-state index in [2.05, 4.69) is 15.0 Å². The third-order valence-corrected chi connectivity index (χ3v) is 6.43. The number of rotatable bonds is 6. The zero-order chi connectivity index (χ0) is 22.9. The van der Waals surface area contributed by atoms with E-state index in [9.17, 15) is 17.6 Å². The number of fused-ring (bicyclic) bond motifs is 1. The number of anilines is 2. The monoisotopic (exact) mass is 476 g/mol. The highest BCUT2D eigenvalue weighted by Gasteiger charge is 2.25. The third kappa shape index (κ3) is 4.46. The van der Waals surface area contributed by atoms with Crippen molar-refractivity contribution < 1.29 is 22.3 Å². The minimum absolute atomic E-state index is 0.00595. The fraction of sp³-hybridized carbons (Fsp3) is 0.143. The summed E-state index contributed by atoms with van der Waals surface area (Å²) in [6, 6.07) is 10.6. The van der Waals surface area contributed by atoms with E-state index in [1.54, 1.807) is 11.0 Å². The molecule has 0 unspecified atom stereocenters. The molecule has 0 fully saturated rings. The summed E-state index contributed by atoms with van der Waals surface area (Å²) in [5, 5.41) is 3.07. The average Bonchev–Trinajstić information content (AvgIpc) is 2.75. The number of hydrogen-bond acceptors (Lipinski definition) is 5. The van der Waals surface area contributed by atoms with Crippen molar-refractivity contribution in [3.05, 3.63) is 71.1 Å². The topological polar surface area (TPSA) is 101 Å². The van der Waals surface area contributed by atoms with Crippen molar-refractivity contribution in [3.63, 3.8) is 0 Å². The Bertz CT molecular complexity index is 1290. The lowest BCUT2D eigenvalue weighted by Crippen LogP contribution is -2.38. The molecular weight excluding hydrogens is 459 g/mol. The highest BCUT2D eigenvalue weighted by molar-refractivity contribution is 7.92. The number of hydrogen-bond donors (Lipinski definition) is 2. The molecular formula is C21H18ClFN4O4S. The first-order valence-electron chi connectivity index (χ1n) is 9.56. The van der Waals surface area contributed by atoms with Gasteiger partial charge in [0.2, 0.25) is 0 Å². The van der Waals surface area contributed by atoms with Gasteiger partial charge in [0.15, 0.2) is 11.6 Å². The van der Waals surface area contributed by atoms with E-state index in [-0.39, 0.29) is 28.9 Å². The van der Waals surface area contributed by atoms with Gasteiger partial charge in [-0.05, 0) is 49.4 Å². The number of pyridine rings is 1. The quantitative estimate of drug-likeness (QED) is 0.530. The van der Waals surface area contributed by atoms with Crippen LogP contribution in [0.2, 0.25) is 5.02 Å². The number of benzene rings is 2. The molecule has 0 saturated heterocycles. The van der Waals surface area contributed by atoms with E-state index in [0.29, 0.717) is 28.7 Å². The number of carbonyl (C=O) groups is 1. The van der Waals surface area contributed by atoms with Crippen molar-refractivity contribution in [2.75, 3.05) is 16.6 Å². The summed E-state index contributed by atoms with van der Waals surface area (Å²) in [5.41, 5.74) is 0.645. The number of urea groups is 1. The molecule has 0 atom stereocenters. The maximum Gasteiger partial charge on any atom is 0.323 e. The van der Waals surface area contributed by atoms with Crippen LogP contribution in [0.5, 0.6) is 11.5 Å². The Morgan fingerprint density at radius 2 is 1.94 bits per heavy atom. The van der Waals surface area contributed by atoms with Crippen LogP contribution in [0, 0.1) is 5.82 Å². The minimum Gasteiger partial charge on any atom is -0.454 e. The van der Waals surface area contributed by atoms with Gasteiger partial charge < -0.3 is 9.64 Å². The lowest BCUT2D eigenvalue weighted by atomic mass is 10.2. The van der Waals surface area contributed by atoms with Crippen LogP contribution >= 0.6 is 11.6 Å². The Labute approximate surface area is 189 Å². The van der Waals surface area contributed by atoms with Crippen molar-refractivity contribution in [2.45, 2.75) is 18.4 Å². The molecule has 1 aromatic heterocycles. The zero-order valence-electron chi connectivity index (χ0n) is 16.8. The first-order chi connectivity index (χ1) is 15.3. The van der Waals surface area contributed by atoms with E-state index in [1.165, 1.54) is 42.6 Å². The van der Waals surface area contributed by atoms with Crippen LogP contribution in [0.4, 0.5) is 20.7 Å². The molecule has 8 nitrogen and oxygen atoms in total. The second-order valence-electron chi connectivity index (χ2n) is 6.89. The third-order valence-electron chi connectivity index (χ3n) is 4.78. The molecule has 0 radical (unpaired) electrons. The number of aromatic nitrogens is 1. The fourth-order valence-corrected chi connectivity index (χ4v) is 4.30.